The minimum Gasteiger partial charge on any atom is -0.367 e. The van der Waals surface area contributed by atoms with E-state index in [1.807, 2.05) is 24.3 Å². The molecule has 2 aromatic heterocycles. The molecule has 4 heteroatoms. The summed E-state index contributed by atoms with van der Waals surface area (Å²) in [6, 6.07) is 12.7. The number of rotatable bonds is 3. The van der Waals surface area contributed by atoms with E-state index < -0.39 is 0 Å². The molecular weight excluding hydrogens is 306 g/mol. The van der Waals surface area contributed by atoms with Gasteiger partial charge in [0.05, 0.1) is 5.02 Å². The number of imidazole rings is 1. The van der Waals surface area contributed by atoms with Crippen molar-refractivity contribution in [2.75, 3.05) is 5.32 Å². The van der Waals surface area contributed by atoms with Gasteiger partial charge in [-0.25, -0.2) is 4.98 Å². The van der Waals surface area contributed by atoms with Gasteiger partial charge in [0, 0.05) is 17.8 Å². The molecule has 0 bridgehead atoms. The Bertz CT molecular complexity index is 847. The lowest BCUT2D eigenvalue weighted by atomic mass is 10.1. The fourth-order valence-corrected chi connectivity index (χ4v) is 3.61. The largest absolute Gasteiger partial charge is 0.367 e. The molecule has 0 saturated heterocycles. The average Bonchev–Trinajstić information content (AvgIpc) is 3.16. The van der Waals surface area contributed by atoms with Gasteiger partial charge in [0.25, 0.3) is 0 Å². The summed E-state index contributed by atoms with van der Waals surface area (Å²) in [7, 11) is 0. The van der Waals surface area contributed by atoms with Crippen LogP contribution in [0.15, 0.2) is 42.6 Å². The molecule has 0 amide bonds. The summed E-state index contributed by atoms with van der Waals surface area (Å²) in [5.74, 6) is 1.06. The minimum absolute atomic E-state index is 0.525. The molecule has 118 valence electrons. The maximum absolute atomic E-state index is 6.43. The van der Waals surface area contributed by atoms with Crippen molar-refractivity contribution in [2.24, 2.45) is 0 Å². The lowest BCUT2D eigenvalue weighted by molar-refractivity contribution is 0.749. The molecular formula is C19H20ClN3. The maximum Gasteiger partial charge on any atom is 0.139 e. The van der Waals surface area contributed by atoms with Crippen molar-refractivity contribution in [3.05, 3.63) is 53.2 Å². The molecule has 0 aliphatic heterocycles. The molecule has 1 fully saturated rings. The van der Waals surface area contributed by atoms with E-state index in [0.29, 0.717) is 6.04 Å². The Morgan fingerprint density at radius 2 is 1.96 bits per heavy atom. The molecule has 1 aromatic carbocycles. The predicted molar refractivity (Wildman–Crippen MR) is 96.3 cm³/mol. The number of pyridine rings is 1. The molecule has 1 aliphatic carbocycles. The summed E-state index contributed by atoms with van der Waals surface area (Å²) in [5, 5.41) is 4.46. The quantitative estimate of drug-likeness (QED) is 0.706. The van der Waals surface area contributed by atoms with E-state index in [-0.39, 0.29) is 0 Å². The first-order valence-electron chi connectivity index (χ1n) is 8.22. The number of halogens is 1. The lowest BCUT2D eigenvalue weighted by Gasteiger charge is -2.15. The first-order valence-corrected chi connectivity index (χ1v) is 8.60. The van der Waals surface area contributed by atoms with Crippen LogP contribution in [0.25, 0.3) is 16.9 Å². The Hall–Kier alpha value is -2.00. The zero-order valence-electron chi connectivity index (χ0n) is 13.2. The van der Waals surface area contributed by atoms with Gasteiger partial charge in [-0.2, -0.15) is 0 Å². The van der Waals surface area contributed by atoms with Crippen molar-refractivity contribution < 1.29 is 0 Å². The molecule has 2 heterocycles. The second kappa shape index (κ2) is 5.89. The van der Waals surface area contributed by atoms with Crippen LogP contribution in [0.1, 0.15) is 31.2 Å². The van der Waals surface area contributed by atoms with E-state index in [4.69, 9.17) is 16.6 Å². The molecule has 0 atom stereocenters. The second-order valence-corrected chi connectivity index (χ2v) is 6.75. The van der Waals surface area contributed by atoms with Crippen LogP contribution < -0.4 is 5.32 Å². The van der Waals surface area contributed by atoms with Crippen LogP contribution in [0.5, 0.6) is 0 Å². The Morgan fingerprint density at radius 1 is 1.17 bits per heavy atom. The van der Waals surface area contributed by atoms with E-state index in [1.165, 1.54) is 31.2 Å². The van der Waals surface area contributed by atoms with E-state index in [2.05, 4.69) is 35.0 Å². The third-order valence-electron chi connectivity index (χ3n) is 4.61. The van der Waals surface area contributed by atoms with Gasteiger partial charge in [0.15, 0.2) is 0 Å². The molecule has 1 saturated carbocycles. The molecule has 0 unspecified atom stereocenters. The molecule has 4 rings (SSSR count). The van der Waals surface area contributed by atoms with Crippen LogP contribution in [0, 0.1) is 6.92 Å². The van der Waals surface area contributed by atoms with Crippen molar-refractivity contribution in [3.8, 4) is 11.3 Å². The van der Waals surface area contributed by atoms with E-state index >= 15 is 0 Å². The highest BCUT2D eigenvalue weighted by Gasteiger charge is 2.21. The number of hydrogen-bond donors (Lipinski definition) is 1. The van der Waals surface area contributed by atoms with Crippen LogP contribution >= 0.6 is 11.6 Å². The Kier molecular flexibility index (Phi) is 3.74. The molecule has 23 heavy (non-hydrogen) atoms. The fraction of sp³-hybridized carbons (Fsp3) is 0.316. The lowest BCUT2D eigenvalue weighted by Crippen LogP contribution is -2.16. The van der Waals surface area contributed by atoms with Gasteiger partial charge in [-0.1, -0.05) is 42.6 Å². The van der Waals surface area contributed by atoms with Crippen LogP contribution in [0.2, 0.25) is 5.02 Å². The van der Waals surface area contributed by atoms with Gasteiger partial charge >= 0.3 is 0 Å². The van der Waals surface area contributed by atoms with Crippen LogP contribution in [0.4, 0.5) is 5.82 Å². The van der Waals surface area contributed by atoms with Crippen LogP contribution in [-0.2, 0) is 0 Å². The summed E-state index contributed by atoms with van der Waals surface area (Å²) in [6.07, 6.45) is 7.14. The topological polar surface area (TPSA) is 29.3 Å². The molecule has 1 N–H and O–H groups in total. The third kappa shape index (κ3) is 2.70. The van der Waals surface area contributed by atoms with Crippen molar-refractivity contribution >= 4 is 23.1 Å². The first-order chi connectivity index (χ1) is 11.2. The number of hydrogen-bond acceptors (Lipinski definition) is 2. The van der Waals surface area contributed by atoms with Gasteiger partial charge in [0.2, 0.25) is 0 Å². The zero-order chi connectivity index (χ0) is 15.8. The van der Waals surface area contributed by atoms with Gasteiger partial charge in [-0.15, -0.1) is 0 Å². The zero-order valence-corrected chi connectivity index (χ0v) is 14.0. The molecule has 3 aromatic rings. The van der Waals surface area contributed by atoms with Crippen molar-refractivity contribution in [2.45, 2.75) is 38.6 Å². The maximum atomic E-state index is 6.43. The van der Waals surface area contributed by atoms with E-state index in [0.717, 1.165) is 27.7 Å². The Balaban J connectivity index is 1.89. The average molecular weight is 326 g/mol. The van der Waals surface area contributed by atoms with E-state index in [1.54, 1.807) is 0 Å². The number of benzene rings is 1. The van der Waals surface area contributed by atoms with Gasteiger partial charge in [0.1, 0.15) is 17.2 Å². The number of anilines is 1. The molecule has 0 spiro atoms. The van der Waals surface area contributed by atoms with Crippen LogP contribution in [0.3, 0.4) is 0 Å². The number of nitrogens with zero attached hydrogens (tertiary/aromatic N) is 2. The van der Waals surface area contributed by atoms with Gasteiger partial charge in [-0.05, 0) is 43.5 Å². The highest BCUT2D eigenvalue weighted by Crippen LogP contribution is 2.35. The third-order valence-corrected chi connectivity index (χ3v) is 4.94. The highest BCUT2D eigenvalue weighted by molar-refractivity contribution is 6.33. The van der Waals surface area contributed by atoms with Gasteiger partial charge in [-0.3, -0.25) is 4.40 Å². The highest BCUT2D eigenvalue weighted by atomic mass is 35.5. The summed E-state index contributed by atoms with van der Waals surface area (Å²) in [5.41, 5.74) is 4.09. The standard InChI is InChI=1S/C19H20ClN3/c1-13-10-11-23-17(12-13)22-18(15-8-4-5-9-16(15)20)19(23)21-14-6-2-3-7-14/h4-5,8-12,14,21H,2-3,6-7H2,1H3. The summed E-state index contributed by atoms with van der Waals surface area (Å²) in [4.78, 5) is 4.86. The Morgan fingerprint density at radius 3 is 2.74 bits per heavy atom. The molecule has 1 aliphatic rings. The predicted octanol–water partition coefficient (Wildman–Crippen LogP) is 5.32. The fourth-order valence-electron chi connectivity index (χ4n) is 3.39. The minimum atomic E-state index is 0.525. The number of fused-ring (bicyclic) bond motifs is 1. The number of nitrogens with one attached hydrogen (secondary N) is 1. The smallest absolute Gasteiger partial charge is 0.139 e. The van der Waals surface area contributed by atoms with E-state index in [9.17, 15) is 0 Å². The first kappa shape index (κ1) is 14.6. The van der Waals surface area contributed by atoms with Crippen molar-refractivity contribution in [1.82, 2.24) is 9.38 Å². The Labute approximate surface area is 141 Å². The van der Waals surface area contributed by atoms with Gasteiger partial charge < -0.3 is 5.32 Å². The number of aromatic nitrogens is 2. The second-order valence-electron chi connectivity index (χ2n) is 6.35. The summed E-state index contributed by atoms with van der Waals surface area (Å²) in [6.45, 7) is 2.09. The molecule has 3 nitrogen and oxygen atoms in total. The monoisotopic (exact) mass is 325 g/mol. The molecule has 0 radical (unpaired) electrons. The number of aryl methyl sites for hydroxylation is 1. The van der Waals surface area contributed by atoms with Crippen molar-refractivity contribution in [3.63, 3.8) is 0 Å². The van der Waals surface area contributed by atoms with Crippen molar-refractivity contribution in [1.29, 1.82) is 0 Å². The SMILES string of the molecule is Cc1ccn2c(NC3CCCC3)c(-c3ccccc3Cl)nc2c1. The summed E-state index contributed by atoms with van der Waals surface area (Å²) >= 11 is 6.43. The summed E-state index contributed by atoms with van der Waals surface area (Å²) < 4.78 is 2.14. The normalized spacial score (nSPS) is 15.4. The van der Waals surface area contributed by atoms with Crippen LogP contribution in [-0.4, -0.2) is 15.4 Å².